The van der Waals surface area contributed by atoms with Gasteiger partial charge in [0.15, 0.2) is 5.78 Å². The van der Waals surface area contributed by atoms with E-state index in [1.807, 2.05) is 72.8 Å². The van der Waals surface area contributed by atoms with Crippen molar-refractivity contribution in [2.45, 2.75) is 0 Å². The summed E-state index contributed by atoms with van der Waals surface area (Å²) in [6.07, 6.45) is 1.76. The molecule has 0 amide bonds. The van der Waals surface area contributed by atoms with Crippen LogP contribution in [0, 0.1) is 17.9 Å². The molecule has 1 aliphatic carbocycles. The maximum absolute atomic E-state index is 13.2. The van der Waals surface area contributed by atoms with E-state index in [-0.39, 0.29) is 11.5 Å². The van der Waals surface area contributed by atoms with Gasteiger partial charge in [-0.1, -0.05) is 72.8 Å². The molecule has 0 spiro atoms. The van der Waals surface area contributed by atoms with Crippen LogP contribution >= 0.6 is 0 Å². The van der Waals surface area contributed by atoms with Crippen LogP contribution in [-0.2, 0) is 0 Å². The van der Waals surface area contributed by atoms with Crippen molar-refractivity contribution in [1.29, 1.82) is 5.26 Å². The van der Waals surface area contributed by atoms with Crippen LogP contribution in [-0.4, -0.2) is 5.78 Å². The number of para-hydroxylation sites is 2. The third kappa shape index (κ3) is 4.02. The van der Waals surface area contributed by atoms with E-state index in [0.717, 1.165) is 22.6 Å². The average molecular weight is 450 g/mol. The Labute approximate surface area is 204 Å². The van der Waals surface area contributed by atoms with Gasteiger partial charge in [-0.25, -0.2) is 10.1 Å². The number of rotatable bonds is 4. The molecule has 0 saturated heterocycles. The van der Waals surface area contributed by atoms with E-state index in [4.69, 9.17) is 6.57 Å². The van der Waals surface area contributed by atoms with E-state index in [0.29, 0.717) is 22.3 Å². The number of nitriles is 1. The number of carbonyl (C=O) groups is 1. The van der Waals surface area contributed by atoms with E-state index < -0.39 is 0 Å². The van der Waals surface area contributed by atoms with Crippen molar-refractivity contribution in [2.75, 3.05) is 4.90 Å². The van der Waals surface area contributed by atoms with Crippen LogP contribution in [0.2, 0.25) is 0 Å². The quantitative estimate of drug-likeness (QED) is 0.183. The van der Waals surface area contributed by atoms with Gasteiger partial charge in [-0.05, 0) is 53.6 Å². The first-order valence-electron chi connectivity index (χ1n) is 11.1. The van der Waals surface area contributed by atoms with Gasteiger partial charge in [0.25, 0.3) is 5.70 Å². The minimum atomic E-state index is -0.175. The lowest BCUT2D eigenvalue weighted by Crippen LogP contribution is -2.09. The number of allylic oxidation sites excluding steroid dienone is 3. The van der Waals surface area contributed by atoms with E-state index in [1.54, 1.807) is 24.3 Å². The lowest BCUT2D eigenvalue weighted by Gasteiger charge is -2.25. The van der Waals surface area contributed by atoms with Crippen LogP contribution in [0.5, 0.6) is 0 Å². The molecule has 4 nitrogen and oxygen atoms in total. The lowest BCUT2D eigenvalue weighted by molar-refractivity contribution is 0.104. The predicted molar refractivity (Wildman–Crippen MR) is 139 cm³/mol. The van der Waals surface area contributed by atoms with Gasteiger partial charge in [-0.3, -0.25) is 4.79 Å². The molecule has 0 saturated carbocycles. The molecule has 5 rings (SSSR count). The Hall–Kier alpha value is -5.19. The minimum Gasteiger partial charge on any atom is -0.311 e. The number of fused-ring (bicyclic) bond motifs is 1. The van der Waals surface area contributed by atoms with Crippen LogP contribution in [0.3, 0.4) is 0 Å². The third-order valence-electron chi connectivity index (χ3n) is 5.90. The number of hydrogen-bond acceptors (Lipinski definition) is 3. The van der Waals surface area contributed by atoms with Crippen molar-refractivity contribution < 1.29 is 4.79 Å². The first kappa shape index (κ1) is 21.6. The highest BCUT2D eigenvalue weighted by atomic mass is 16.1. The summed E-state index contributed by atoms with van der Waals surface area (Å²) in [6.45, 7) is 7.44. The number of Topliss-reactive ketones (excluding diaryl/α,β-unsaturated/α-hetero) is 1. The fraction of sp³-hybridized carbons (Fsp3) is 0. The summed E-state index contributed by atoms with van der Waals surface area (Å²) in [7, 11) is 0. The molecule has 0 N–H and O–H groups in total. The molecule has 4 aromatic carbocycles. The van der Waals surface area contributed by atoms with E-state index in [1.165, 1.54) is 0 Å². The molecule has 0 fully saturated rings. The van der Waals surface area contributed by atoms with Crippen molar-refractivity contribution in [2.24, 2.45) is 0 Å². The molecule has 0 aromatic heterocycles. The Bertz CT molecular complexity index is 1500. The first-order valence-corrected chi connectivity index (χ1v) is 11.1. The Kier molecular flexibility index (Phi) is 5.78. The SMILES string of the molecule is [C-]#[N+]/C(C#N)=C1\C(=C\c2ccc(N(c3ccccc3)c3ccccc3)cc2)C(=O)c2ccccc21. The van der Waals surface area contributed by atoms with Gasteiger partial charge < -0.3 is 4.90 Å². The monoisotopic (exact) mass is 449 g/mol. The van der Waals surface area contributed by atoms with Gasteiger partial charge in [0.2, 0.25) is 0 Å². The predicted octanol–water partition coefficient (Wildman–Crippen LogP) is 7.59. The highest BCUT2D eigenvalue weighted by Crippen LogP contribution is 2.40. The van der Waals surface area contributed by atoms with Gasteiger partial charge in [-0.15, -0.1) is 0 Å². The summed E-state index contributed by atoms with van der Waals surface area (Å²) in [6, 6.07) is 37.2. The highest BCUT2D eigenvalue weighted by molar-refractivity contribution is 6.29. The number of nitrogens with zero attached hydrogens (tertiary/aromatic N) is 3. The van der Waals surface area contributed by atoms with Crippen molar-refractivity contribution in [3.63, 3.8) is 0 Å². The molecule has 4 heteroatoms. The second-order valence-electron chi connectivity index (χ2n) is 7.98. The molecular weight excluding hydrogens is 430 g/mol. The molecule has 164 valence electrons. The Morgan fingerprint density at radius 3 is 1.80 bits per heavy atom. The number of anilines is 3. The van der Waals surface area contributed by atoms with Crippen LogP contribution in [0.4, 0.5) is 17.1 Å². The minimum absolute atomic E-state index is 0.0782. The fourth-order valence-electron chi connectivity index (χ4n) is 4.32. The molecule has 1 aliphatic rings. The second-order valence-corrected chi connectivity index (χ2v) is 7.98. The molecule has 0 aliphatic heterocycles. The second kappa shape index (κ2) is 9.35. The Morgan fingerprint density at radius 1 is 0.743 bits per heavy atom. The average Bonchev–Trinajstić information content (AvgIpc) is 3.19. The molecular formula is C31H19N3O. The normalized spacial score (nSPS) is 14.7. The van der Waals surface area contributed by atoms with Crippen LogP contribution in [0.25, 0.3) is 16.5 Å². The molecule has 0 radical (unpaired) electrons. The maximum atomic E-state index is 13.2. The number of ketones is 1. The van der Waals surface area contributed by atoms with Gasteiger partial charge >= 0.3 is 0 Å². The number of carbonyl (C=O) groups excluding carboxylic acids is 1. The van der Waals surface area contributed by atoms with Crippen LogP contribution in [0.15, 0.2) is 120 Å². The van der Waals surface area contributed by atoms with Crippen molar-refractivity contribution in [3.8, 4) is 6.07 Å². The highest BCUT2D eigenvalue weighted by Gasteiger charge is 2.31. The standard InChI is InChI=1S/C31H19N3O/c1-33-29(21-32)30-26-14-8-9-15-27(26)31(35)28(30)20-22-16-18-25(19-17-22)34(23-10-4-2-5-11-23)24-12-6-3-7-13-24/h2-20H/b28-20-,30-29-. The summed E-state index contributed by atoms with van der Waals surface area (Å²) in [4.78, 5) is 18.7. The van der Waals surface area contributed by atoms with Crippen LogP contribution in [0.1, 0.15) is 21.5 Å². The smallest absolute Gasteiger partial charge is 0.270 e. The third-order valence-corrected chi connectivity index (χ3v) is 5.90. The summed E-state index contributed by atoms with van der Waals surface area (Å²) in [5.74, 6) is -0.175. The van der Waals surface area contributed by atoms with Gasteiger partial charge in [0.05, 0.1) is 12.6 Å². The Morgan fingerprint density at radius 2 is 1.26 bits per heavy atom. The topological polar surface area (TPSA) is 48.5 Å². The maximum Gasteiger partial charge on any atom is 0.270 e. The Balaban J connectivity index is 1.58. The van der Waals surface area contributed by atoms with Gasteiger partial charge in [0.1, 0.15) is 0 Å². The molecule has 0 bridgehead atoms. The van der Waals surface area contributed by atoms with E-state index in [2.05, 4.69) is 34.0 Å². The molecule has 0 heterocycles. The first-order chi connectivity index (χ1) is 17.2. The van der Waals surface area contributed by atoms with Crippen molar-refractivity contribution in [3.05, 3.63) is 149 Å². The molecule has 0 unspecified atom stereocenters. The van der Waals surface area contributed by atoms with Crippen LogP contribution < -0.4 is 4.90 Å². The largest absolute Gasteiger partial charge is 0.311 e. The summed E-state index contributed by atoms with van der Waals surface area (Å²) in [5.41, 5.74) is 5.70. The summed E-state index contributed by atoms with van der Waals surface area (Å²) >= 11 is 0. The zero-order valence-corrected chi connectivity index (χ0v) is 18.7. The van der Waals surface area contributed by atoms with E-state index >= 15 is 0 Å². The van der Waals surface area contributed by atoms with Crippen molar-refractivity contribution >= 4 is 34.5 Å². The molecule has 0 atom stereocenters. The van der Waals surface area contributed by atoms with Gasteiger partial charge in [0, 0.05) is 33.8 Å². The molecule has 4 aromatic rings. The molecule has 35 heavy (non-hydrogen) atoms. The summed E-state index contributed by atoms with van der Waals surface area (Å²) in [5, 5.41) is 9.53. The fourth-order valence-corrected chi connectivity index (χ4v) is 4.32. The summed E-state index contributed by atoms with van der Waals surface area (Å²) < 4.78 is 0. The number of benzene rings is 4. The number of hydrogen-bond donors (Lipinski definition) is 0. The zero-order chi connectivity index (χ0) is 24.2. The van der Waals surface area contributed by atoms with Gasteiger partial charge in [-0.2, -0.15) is 0 Å². The lowest BCUT2D eigenvalue weighted by atomic mass is 10.0. The zero-order valence-electron chi connectivity index (χ0n) is 18.7. The van der Waals surface area contributed by atoms with Crippen molar-refractivity contribution in [1.82, 2.24) is 0 Å². The van der Waals surface area contributed by atoms with E-state index in [9.17, 15) is 10.1 Å².